The minimum Gasteiger partial charge on any atom is -0.496 e. The van der Waals surface area contributed by atoms with Crippen molar-refractivity contribution >= 4 is 5.70 Å². The predicted molar refractivity (Wildman–Crippen MR) is 177 cm³/mol. The summed E-state index contributed by atoms with van der Waals surface area (Å²) in [5, 5.41) is 3.57. The summed E-state index contributed by atoms with van der Waals surface area (Å²) < 4.78 is 33.3. The number of hydrogen-bond acceptors (Lipinski definition) is 2. The number of nitrogens with one attached hydrogen (secondary N) is 1. The molecule has 0 aliphatic carbocycles. The summed E-state index contributed by atoms with van der Waals surface area (Å²) in [4.78, 5) is 0. The van der Waals surface area contributed by atoms with E-state index in [1.54, 1.807) is 25.3 Å². The van der Waals surface area contributed by atoms with Gasteiger partial charge in [0, 0.05) is 36.2 Å². The summed E-state index contributed by atoms with van der Waals surface area (Å²) in [5.74, 6) is -1.88. The van der Waals surface area contributed by atoms with E-state index >= 15 is 0 Å². The van der Waals surface area contributed by atoms with Crippen LogP contribution in [0.1, 0.15) is 108 Å². The molecule has 0 heterocycles. The highest BCUT2D eigenvalue weighted by molar-refractivity contribution is 5.72. The van der Waals surface area contributed by atoms with Crippen LogP contribution in [0.2, 0.25) is 0 Å². The fourth-order valence-corrected chi connectivity index (χ4v) is 5.06. The molecule has 0 fully saturated rings. The Labute approximate surface area is 253 Å². The molecule has 3 rings (SSSR count). The van der Waals surface area contributed by atoms with Gasteiger partial charge in [-0.05, 0) is 60.6 Å². The summed E-state index contributed by atoms with van der Waals surface area (Å²) >= 11 is 0. The molecule has 0 aliphatic rings. The number of methoxy groups -OCH3 is 1. The highest BCUT2D eigenvalue weighted by Crippen LogP contribution is 2.38. The molecular weight excluding hydrogens is 524 g/mol. The van der Waals surface area contributed by atoms with Crippen molar-refractivity contribution in [1.29, 1.82) is 0 Å². The lowest BCUT2D eigenvalue weighted by atomic mass is 9.84. The first-order valence-electron chi connectivity index (χ1n) is 15.5. The first-order chi connectivity index (χ1) is 20.2. The van der Waals surface area contributed by atoms with Crippen LogP contribution in [-0.2, 0) is 5.92 Å². The summed E-state index contributed by atoms with van der Waals surface area (Å²) in [6, 6.07) is 21.9. The molecule has 2 nitrogen and oxygen atoms in total. The van der Waals surface area contributed by atoms with Crippen LogP contribution in [0.25, 0.3) is 16.8 Å². The van der Waals surface area contributed by atoms with E-state index in [0.29, 0.717) is 0 Å². The largest absolute Gasteiger partial charge is 0.496 e. The third-order valence-electron chi connectivity index (χ3n) is 7.27. The summed E-state index contributed by atoms with van der Waals surface area (Å²) in [7, 11) is 1.65. The molecule has 0 amide bonds. The topological polar surface area (TPSA) is 21.3 Å². The van der Waals surface area contributed by atoms with Gasteiger partial charge in [-0.25, -0.2) is 8.78 Å². The normalized spacial score (nSPS) is 12.2. The van der Waals surface area contributed by atoms with Crippen molar-refractivity contribution in [2.45, 2.75) is 91.4 Å². The quantitative estimate of drug-likeness (QED) is 0.144. The van der Waals surface area contributed by atoms with E-state index in [9.17, 15) is 8.78 Å². The third kappa shape index (κ3) is 10.5. The van der Waals surface area contributed by atoms with E-state index in [1.807, 2.05) is 13.0 Å². The third-order valence-corrected chi connectivity index (χ3v) is 7.27. The van der Waals surface area contributed by atoms with Crippen LogP contribution >= 0.6 is 0 Å². The van der Waals surface area contributed by atoms with Crippen molar-refractivity contribution in [3.63, 3.8) is 0 Å². The van der Waals surface area contributed by atoms with Gasteiger partial charge in [-0.2, -0.15) is 0 Å². The maximum atomic E-state index is 13.8. The van der Waals surface area contributed by atoms with Gasteiger partial charge in [-0.3, -0.25) is 0 Å². The summed E-state index contributed by atoms with van der Waals surface area (Å²) in [6.45, 7) is 13.7. The number of halogens is 2. The van der Waals surface area contributed by atoms with E-state index in [4.69, 9.17) is 4.74 Å². The van der Waals surface area contributed by atoms with Crippen LogP contribution in [0, 0.1) is 0 Å². The average molecular weight is 576 g/mol. The molecule has 0 spiro atoms. The molecule has 0 aliphatic heterocycles. The van der Waals surface area contributed by atoms with Crippen molar-refractivity contribution in [3.05, 3.63) is 108 Å². The van der Waals surface area contributed by atoms with E-state index in [-0.39, 0.29) is 11.5 Å². The van der Waals surface area contributed by atoms with E-state index in [1.165, 1.54) is 53.8 Å². The first-order valence-corrected chi connectivity index (χ1v) is 15.5. The monoisotopic (exact) mass is 575 g/mol. The highest BCUT2D eigenvalue weighted by atomic mass is 19.3. The van der Waals surface area contributed by atoms with Gasteiger partial charge in [-0.1, -0.05) is 113 Å². The molecule has 4 heteroatoms. The minimum atomic E-state index is -2.86. The molecule has 3 aromatic rings. The molecule has 0 aromatic heterocycles. The molecule has 1 unspecified atom stereocenters. The number of unbranched alkanes of at least 4 members (excludes halogenated alkanes) is 3. The Morgan fingerprint density at radius 1 is 0.905 bits per heavy atom. The lowest BCUT2D eigenvalue weighted by Gasteiger charge is -2.21. The average Bonchev–Trinajstić information content (AvgIpc) is 2.99. The maximum Gasteiger partial charge on any atom is 0.270 e. The van der Waals surface area contributed by atoms with Crippen molar-refractivity contribution in [3.8, 4) is 16.9 Å². The first kappa shape index (κ1) is 34.8. The number of ether oxygens (including phenoxy) is 1. The Hall–Kier alpha value is -3.40. The van der Waals surface area contributed by atoms with Gasteiger partial charge in [0.2, 0.25) is 0 Å². The minimum absolute atomic E-state index is 0.0141. The molecule has 0 saturated carbocycles. The fourth-order valence-electron chi connectivity index (χ4n) is 5.06. The molecule has 0 saturated heterocycles. The zero-order valence-electron chi connectivity index (χ0n) is 26.6. The molecule has 0 bridgehead atoms. The molecular formula is C38H51F2NO. The van der Waals surface area contributed by atoms with Crippen LogP contribution in [0.4, 0.5) is 8.78 Å². The molecule has 1 atom stereocenters. The zero-order chi connectivity index (χ0) is 31.0. The van der Waals surface area contributed by atoms with Crippen molar-refractivity contribution < 1.29 is 13.5 Å². The molecule has 42 heavy (non-hydrogen) atoms. The fraction of sp³-hybridized carbons (Fsp3) is 0.421. The highest BCUT2D eigenvalue weighted by Gasteiger charge is 2.24. The molecule has 1 N–H and O–H groups in total. The molecule has 0 radical (unpaired) electrons. The van der Waals surface area contributed by atoms with E-state index in [2.05, 4.69) is 75.1 Å². The molecule has 3 aromatic carbocycles. The van der Waals surface area contributed by atoms with Crippen LogP contribution < -0.4 is 10.1 Å². The Bertz CT molecular complexity index is 1220. The zero-order valence-corrected chi connectivity index (χ0v) is 26.6. The Morgan fingerprint density at radius 2 is 1.55 bits per heavy atom. The van der Waals surface area contributed by atoms with Gasteiger partial charge in [0.05, 0.1) is 7.11 Å². The van der Waals surface area contributed by atoms with Gasteiger partial charge in [0.25, 0.3) is 5.92 Å². The maximum absolute atomic E-state index is 13.8. The van der Waals surface area contributed by atoms with Crippen molar-refractivity contribution in [2.24, 2.45) is 0 Å². The van der Waals surface area contributed by atoms with Crippen LogP contribution in [-0.4, -0.2) is 13.7 Å². The lowest BCUT2D eigenvalue weighted by Crippen LogP contribution is -2.13. The van der Waals surface area contributed by atoms with Gasteiger partial charge in [0.15, 0.2) is 0 Å². The number of rotatable bonds is 15. The van der Waals surface area contributed by atoms with Crippen LogP contribution in [0.15, 0.2) is 85.5 Å². The van der Waals surface area contributed by atoms with Gasteiger partial charge < -0.3 is 10.1 Å². The smallest absolute Gasteiger partial charge is 0.270 e. The van der Waals surface area contributed by atoms with Crippen LogP contribution in [0.3, 0.4) is 0 Å². The van der Waals surface area contributed by atoms with E-state index < -0.39 is 5.92 Å². The molecule has 228 valence electrons. The second-order valence-electron chi connectivity index (χ2n) is 10.8. The van der Waals surface area contributed by atoms with Gasteiger partial charge in [-0.15, -0.1) is 6.58 Å². The number of allylic oxidation sites excluding steroid dienone is 2. The summed E-state index contributed by atoms with van der Waals surface area (Å²) in [5.41, 5.74) is 6.72. The van der Waals surface area contributed by atoms with Gasteiger partial charge in [0.1, 0.15) is 5.75 Å². The Balaban J connectivity index is 0.00000197. The Kier molecular flexibility index (Phi) is 15.1. The summed E-state index contributed by atoms with van der Waals surface area (Å²) in [6.07, 6.45) is 11.9. The van der Waals surface area contributed by atoms with Crippen LogP contribution in [0.5, 0.6) is 5.75 Å². The lowest BCUT2D eigenvalue weighted by molar-refractivity contribution is 0.0175. The predicted octanol–water partition coefficient (Wildman–Crippen LogP) is 11.5. The Morgan fingerprint density at radius 3 is 2.10 bits per heavy atom. The standard InChI is InChI=1S/C35H45F2NO.C3H6/c1-6-9-10-11-13-31(26-14-16-28(17-15-26)33(12-7-2)38-24-8-3)29-20-23-34(39-5)32(25-29)27-18-21-30(22-19-27)35(4,36)37;1-3-2/h12,14-23,25,31,38H,6-11,13,24H2,1-5H3;3H,1H2,2H3. The van der Waals surface area contributed by atoms with Gasteiger partial charge >= 0.3 is 0 Å². The van der Waals surface area contributed by atoms with E-state index in [0.717, 1.165) is 56.0 Å². The number of alkyl halides is 2. The SMILES string of the molecule is C=CC.CCC=C(NCCC)c1ccc(C(CCCCCC)c2ccc(OC)c(-c3ccc(C(C)(F)F)cc3)c2)cc1. The second-order valence-corrected chi connectivity index (χ2v) is 10.8. The van der Waals surface area contributed by atoms with Crippen molar-refractivity contribution in [1.82, 2.24) is 5.32 Å². The second kappa shape index (κ2) is 18.2. The van der Waals surface area contributed by atoms with Crippen molar-refractivity contribution in [2.75, 3.05) is 13.7 Å². The number of hydrogen-bond donors (Lipinski definition) is 1. The number of benzene rings is 3.